The van der Waals surface area contributed by atoms with E-state index in [4.69, 9.17) is 9.72 Å². The van der Waals surface area contributed by atoms with E-state index in [9.17, 15) is 8.42 Å². The van der Waals surface area contributed by atoms with Crippen LogP contribution in [-0.2, 0) is 21.1 Å². The normalized spacial score (nSPS) is 22.5. The van der Waals surface area contributed by atoms with Gasteiger partial charge in [0.05, 0.1) is 28.3 Å². The van der Waals surface area contributed by atoms with Gasteiger partial charge in [-0.2, -0.15) is 0 Å². The molecule has 0 unspecified atom stereocenters. The number of rotatable bonds is 4. The molecule has 3 heterocycles. The average molecular weight is 453 g/mol. The summed E-state index contributed by atoms with van der Waals surface area (Å²) in [7, 11) is -1.58. The Balaban J connectivity index is 1.57. The number of aryl methyl sites for hydroxylation is 1. The average Bonchev–Trinajstić information content (AvgIpc) is 3.18. The summed E-state index contributed by atoms with van der Waals surface area (Å²) in [5.74, 6) is 0.842. The molecule has 2 N–H and O–H groups in total. The second-order valence-electron chi connectivity index (χ2n) is 8.58. The highest BCUT2D eigenvalue weighted by molar-refractivity contribution is 7.91. The van der Waals surface area contributed by atoms with Gasteiger partial charge in [0, 0.05) is 50.4 Å². The van der Waals surface area contributed by atoms with Crippen LogP contribution in [0.5, 0.6) is 0 Å². The molecule has 0 saturated carbocycles. The molecule has 0 radical (unpaired) electrons. The van der Waals surface area contributed by atoms with Crippen molar-refractivity contribution in [2.45, 2.75) is 30.5 Å². The maximum atomic E-state index is 12.8. The van der Waals surface area contributed by atoms with Crippen LogP contribution in [0, 0.1) is 6.92 Å². The van der Waals surface area contributed by atoms with Gasteiger partial charge < -0.3 is 20.3 Å². The Morgan fingerprint density at radius 1 is 1.16 bits per heavy atom. The third-order valence-electron chi connectivity index (χ3n) is 6.38. The van der Waals surface area contributed by atoms with Crippen LogP contribution in [0.2, 0.25) is 0 Å². The summed E-state index contributed by atoms with van der Waals surface area (Å²) in [6, 6.07) is 15.7. The number of aromatic nitrogens is 1. The van der Waals surface area contributed by atoms with E-state index < -0.39 is 9.84 Å². The number of nitrogens with zero attached hydrogens (tertiary/aromatic N) is 2. The molecule has 0 amide bonds. The summed E-state index contributed by atoms with van der Waals surface area (Å²) >= 11 is 0. The van der Waals surface area contributed by atoms with E-state index in [2.05, 4.69) is 34.6 Å². The van der Waals surface area contributed by atoms with Crippen LogP contribution in [0.4, 0.5) is 11.5 Å². The van der Waals surface area contributed by atoms with E-state index in [1.54, 1.807) is 19.2 Å². The molecule has 2 aliphatic rings. The molecule has 0 aliphatic carbocycles. The molecular formula is C24H28N4O3S. The van der Waals surface area contributed by atoms with Crippen molar-refractivity contribution in [3.8, 4) is 0 Å². The minimum atomic E-state index is -3.32. The largest absolute Gasteiger partial charge is 0.378 e. The van der Waals surface area contributed by atoms with Gasteiger partial charge in [-0.25, -0.2) is 13.4 Å². The Bertz CT molecular complexity index is 1260. The van der Waals surface area contributed by atoms with Crippen molar-refractivity contribution in [1.82, 2.24) is 10.3 Å². The van der Waals surface area contributed by atoms with Gasteiger partial charge in [0.15, 0.2) is 9.84 Å². The Morgan fingerprint density at radius 3 is 2.84 bits per heavy atom. The van der Waals surface area contributed by atoms with Crippen molar-refractivity contribution in [3.63, 3.8) is 0 Å². The first kappa shape index (κ1) is 21.2. The molecule has 1 aromatic heterocycles. The lowest BCUT2D eigenvalue weighted by Gasteiger charge is -2.25. The number of sulfone groups is 1. The number of hydrogen-bond acceptors (Lipinski definition) is 7. The summed E-state index contributed by atoms with van der Waals surface area (Å²) < 4.78 is 31.3. The Morgan fingerprint density at radius 2 is 2.00 bits per heavy atom. The van der Waals surface area contributed by atoms with Crippen molar-refractivity contribution in [1.29, 1.82) is 0 Å². The van der Waals surface area contributed by atoms with E-state index in [0.717, 1.165) is 46.6 Å². The number of pyridine rings is 1. The minimum absolute atomic E-state index is 0.0681. The fourth-order valence-electron chi connectivity index (χ4n) is 4.61. The SMILES string of the molecule is CO[C@@H]1CNC[C@H]1Nc1cc(N2CCS(=O)(=O)c3ccccc3C2)nc2ccc(C)cc12. The van der Waals surface area contributed by atoms with Crippen molar-refractivity contribution < 1.29 is 13.2 Å². The molecule has 2 aliphatic heterocycles. The number of fused-ring (bicyclic) bond motifs is 2. The number of ether oxygens (including phenoxy) is 1. The van der Waals surface area contributed by atoms with Crippen molar-refractivity contribution in [3.05, 3.63) is 59.7 Å². The van der Waals surface area contributed by atoms with Gasteiger partial charge >= 0.3 is 0 Å². The highest BCUT2D eigenvalue weighted by atomic mass is 32.2. The lowest BCUT2D eigenvalue weighted by Crippen LogP contribution is -2.34. The molecule has 0 spiro atoms. The molecule has 1 fully saturated rings. The van der Waals surface area contributed by atoms with Gasteiger partial charge in [-0.1, -0.05) is 29.8 Å². The smallest absolute Gasteiger partial charge is 0.180 e. The molecule has 168 valence electrons. The zero-order chi connectivity index (χ0) is 22.3. The molecule has 8 heteroatoms. The minimum Gasteiger partial charge on any atom is -0.378 e. The molecule has 5 rings (SSSR count). The number of benzene rings is 2. The maximum Gasteiger partial charge on any atom is 0.180 e. The number of methoxy groups -OCH3 is 1. The van der Waals surface area contributed by atoms with Crippen LogP contribution in [0.1, 0.15) is 11.1 Å². The molecule has 2 aromatic carbocycles. The van der Waals surface area contributed by atoms with Crippen LogP contribution in [0.25, 0.3) is 10.9 Å². The number of nitrogens with one attached hydrogen (secondary N) is 2. The quantitative estimate of drug-likeness (QED) is 0.630. The van der Waals surface area contributed by atoms with E-state index in [0.29, 0.717) is 18.0 Å². The summed E-state index contributed by atoms with van der Waals surface area (Å²) in [5, 5.41) is 8.10. The highest BCUT2D eigenvalue weighted by Gasteiger charge is 2.29. The maximum absolute atomic E-state index is 12.8. The molecule has 0 bridgehead atoms. The third kappa shape index (κ3) is 3.94. The van der Waals surface area contributed by atoms with Crippen LogP contribution in [0.15, 0.2) is 53.4 Å². The van der Waals surface area contributed by atoms with Crippen LogP contribution in [-0.4, -0.2) is 58.0 Å². The molecule has 32 heavy (non-hydrogen) atoms. The van der Waals surface area contributed by atoms with Crippen molar-refractivity contribution >= 4 is 32.2 Å². The van der Waals surface area contributed by atoms with Gasteiger partial charge in [0.25, 0.3) is 0 Å². The van der Waals surface area contributed by atoms with Gasteiger partial charge in [-0.05, 0) is 30.7 Å². The van der Waals surface area contributed by atoms with Crippen molar-refractivity contribution in [2.24, 2.45) is 0 Å². The molecule has 7 nitrogen and oxygen atoms in total. The van der Waals surface area contributed by atoms with E-state index in [1.807, 2.05) is 24.3 Å². The predicted octanol–water partition coefficient (Wildman–Crippen LogP) is 2.74. The van der Waals surface area contributed by atoms with Crippen LogP contribution < -0.4 is 15.5 Å². The summed E-state index contributed by atoms with van der Waals surface area (Å²) in [6.07, 6.45) is 0.0849. The zero-order valence-corrected chi connectivity index (χ0v) is 19.2. The summed E-state index contributed by atoms with van der Waals surface area (Å²) in [4.78, 5) is 7.41. The van der Waals surface area contributed by atoms with Gasteiger partial charge in [-0.15, -0.1) is 0 Å². The summed E-state index contributed by atoms with van der Waals surface area (Å²) in [5.41, 5.74) is 3.85. The second-order valence-corrected chi connectivity index (χ2v) is 10.7. The van der Waals surface area contributed by atoms with E-state index >= 15 is 0 Å². The monoisotopic (exact) mass is 452 g/mol. The standard InChI is InChI=1S/C24H28N4O3S/c1-16-7-8-19-18(11-16)20(26-21-13-25-14-22(21)31-2)12-24(27-19)28-9-10-32(29,30)23-6-4-3-5-17(23)15-28/h3-8,11-12,21-22,25H,9-10,13-15H2,1-2H3,(H,26,27)/t21-,22-/m1/s1. The predicted molar refractivity (Wildman–Crippen MR) is 127 cm³/mol. The Kier molecular flexibility index (Phi) is 5.53. The van der Waals surface area contributed by atoms with Crippen LogP contribution in [0.3, 0.4) is 0 Å². The third-order valence-corrected chi connectivity index (χ3v) is 8.16. The second kappa shape index (κ2) is 8.35. The molecule has 3 aromatic rings. The first-order valence-corrected chi connectivity index (χ1v) is 12.6. The first-order chi connectivity index (χ1) is 15.4. The number of hydrogen-bond donors (Lipinski definition) is 2. The zero-order valence-electron chi connectivity index (χ0n) is 18.3. The lowest BCUT2D eigenvalue weighted by molar-refractivity contribution is 0.112. The fraction of sp³-hybridized carbons (Fsp3) is 0.375. The molecule has 2 atom stereocenters. The fourth-order valence-corrected chi connectivity index (χ4v) is 6.11. The lowest BCUT2D eigenvalue weighted by atomic mass is 10.1. The van der Waals surface area contributed by atoms with Gasteiger partial charge in [-0.3, -0.25) is 0 Å². The molecule has 1 saturated heterocycles. The summed E-state index contributed by atoms with van der Waals surface area (Å²) in [6.45, 7) is 4.60. The Hall–Kier alpha value is -2.68. The Labute approximate surface area is 188 Å². The highest BCUT2D eigenvalue weighted by Crippen LogP contribution is 2.32. The first-order valence-electron chi connectivity index (χ1n) is 10.9. The van der Waals surface area contributed by atoms with Gasteiger partial charge in [0.1, 0.15) is 5.82 Å². The van der Waals surface area contributed by atoms with E-state index in [-0.39, 0.29) is 17.9 Å². The molecular weight excluding hydrogens is 424 g/mol. The van der Waals surface area contributed by atoms with Gasteiger partial charge in [0.2, 0.25) is 0 Å². The van der Waals surface area contributed by atoms with E-state index in [1.165, 1.54) is 0 Å². The van der Waals surface area contributed by atoms with Crippen LogP contribution >= 0.6 is 0 Å². The van der Waals surface area contributed by atoms with Crippen molar-refractivity contribution in [2.75, 3.05) is 42.7 Å². The number of anilines is 2. The topological polar surface area (TPSA) is 83.6 Å².